The average molecular weight is 223 g/mol. The third kappa shape index (κ3) is 3.49. The van der Waals surface area contributed by atoms with Gasteiger partial charge >= 0.3 is 0 Å². The van der Waals surface area contributed by atoms with Gasteiger partial charge in [0.2, 0.25) is 5.91 Å². The number of carbonyl (C=O) groups excluding carboxylic acids is 1. The minimum absolute atomic E-state index is 0.0814. The number of nitrogens with one attached hydrogen (secondary N) is 1. The molecule has 1 amide bonds. The first-order valence-electron chi connectivity index (χ1n) is 5.98. The zero-order valence-corrected chi connectivity index (χ0v) is 10.4. The Labute approximate surface area is 97.6 Å². The highest BCUT2D eigenvalue weighted by Gasteiger charge is 2.26. The molecular weight excluding hydrogens is 202 g/mol. The predicted molar refractivity (Wildman–Crippen MR) is 62.7 cm³/mol. The predicted octanol–water partition coefficient (Wildman–Crippen LogP) is 1.14. The molecule has 1 heterocycles. The van der Waals surface area contributed by atoms with E-state index in [0.29, 0.717) is 0 Å². The molecule has 4 heteroatoms. The van der Waals surface area contributed by atoms with Crippen LogP contribution in [-0.4, -0.2) is 36.0 Å². The van der Waals surface area contributed by atoms with Gasteiger partial charge in [0.25, 0.3) is 0 Å². The highest BCUT2D eigenvalue weighted by molar-refractivity contribution is 5.81. The molecule has 1 fully saturated rings. The second-order valence-corrected chi connectivity index (χ2v) is 4.78. The summed E-state index contributed by atoms with van der Waals surface area (Å²) >= 11 is 0. The largest absolute Gasteiger partial charge is 0.353 e. The van der Waals surface area contributed by atoms with E-state index in [-0.39, 0.29) is 23.9 Å². The van der Waals surface area contributed by atoms with Gasteiger partial charge in [0, 0.05) is 25.0 Å². The standard InChI is InChI=1S/C12H21N3O/c1-9(2)14-12(16)10(3)15-6-4-11(8-13)5-7-15/h9-11H,4-7H2,1-3H3,(H,14,16). The third-order valence-electron chi connectivity index (χ3n) is 3.07. The normalized spacial score (nSPS) is 20.4. The molecule has 16 heavy (non-hydrogen) atoms. The summed E-state index contributed by atoms with van der Waals surface area (Å²) in [5, 5.41) is 11.7. The summed E-state index contributed by atoms with van der Waals surface area (Å²) in [7, 11) is 0. The topological polar surface area (TPSA) is 56.1 Å². The lowest BCUT2D eigenvalue weighted by molar-refractivity contribution is -0.126. The fourth-order valence-corrected chi connectivity index (χ4v) is 1.99. The minimum atomic E-state index is -0.0814. The fraction of sp³-hybridized carbons (Fsp3) is 0.833. The van der Waals surface area contributed by atoms with Gasteiger partial charge in [0.05, 0.1) is 12.1 Å². The zero-order chi connectivity index (χ0) is 12.1. The van der Waals surface area contributed by atoms with Crippen LogP contribution in [0.2, 0.25) is 0 Å². The van der Waals surface area contributed by atoms with Crippen molar-refractivity contribution in [1.29, 1.82) is 5.26 Å². The van der Waals surface area contributed by atoms with Crippen molar-refractivity contribution in [3.63, 3.8) is 0 Å². The van der Waals surface area contributed by atoms with E-state index in [4.69, 9.17) is 5.26 Å². The Morgan fingerprint density at radius 3 is 2.38 bits per heavy atom. The molecule has 0 saturated carbocycles. The lowest BCUT2D eigenvalue weighted by Gasteiger charge is -2.33. The van der Waals surface area contributed by atoms with E-state index in [1.807, 2.05) is 20.8 Å². The molecule has 1 aliphatic heterocycles. The Morgan fingerprint density at radius 1 is 1.38 bits per heavy atom. The van der Waals surface area contributed by atoms with Crippen LogP contribution >= 0.6 is 0 Å². The van der Waals surface area contributed by atoms with Crippen LogP contribution in [0, 0.1) is 17.2 Å². The first-order chi connectivity index (χ1) is 7.54. The van der Waals surface area contributed by atoms with E-state index < -0.39 is 0 Å². The van der Waals surface area contributed by atoms with E-state index in [0.717, 1.165) is 25.9 Å². The molecule has 1 rings (SSSR count). The quantitative estimate of drug-likeness (QED) is 0.780. The van der Waals surface area contributed by atoms with Crippen LogP contribution in [0.5, 0.6) is 0 Å². The molecule has 0 aliphatic carbocycles. The van der Waals surface area contributed by atoms with Crippen LogP contribution in [-0.2, 0) is 4.79 Å². The van der Waals surface area contributed by atoms with Crippen LogP contribution in [0.3, 0.4) is 0 Å². The highest BCUT2D eigenvalue weighted by Crippen LogP contribution is 2.17. The van der Waals surface area contributed by atoms with Gasteiger partial charge in [-0.15, -0.1) is 0 Å². The number of nitrogens with zero attached hydrogens (tertiary/aromatic N) is 2. The number of likely N-dealkylation sites (tertiary alicyclic amines) is 1. The highest BCUT2D eigenvalue weighted by atomic mass is 16.2. The molecule has 0 spiro atoms. The van der Waals surface area contributed by atoms with Gasteiger partial charge in [-0.2, -0.15) is 5.26 Å². The minimum Gasteiger partial charge on any atom is -0.353 e. The molecule has 0 aromatic rings. The Hall–Kier alpha value is -1.08. The summed E-state index contributed by atoms with van der Waals surface area (Å²) in [5.41, 5.74) is 0. The number of hydrogen-bond donors (Lipinski definition) is 1. The second-order valence-electron chi connectivity index (χ2n) is 4.78. The number of amides is 1. The Kier molecular flexibility index (Phi) is 4.75. The molecule has 1 N–H and O–H groups in total. The van der Waals surface area contributed by atoms with Crippen molar-refractivity contribution in [3.8, 4) is 6.07 Å². The van der Waals surface area contributed by atoms with Gasteiger partial charge in [0.1, 0.15) is 0 Å². The molecular formula is C12H21N3O. The SMILES string of the molecule is CC(C)NC(=O)C(C)N1CCC(C#N)CC1. The van der Waals surface area contributed by atoms with Crippen molar-refractivity contribution in [2.24, 2.45) is 5.92 Å². The summed E-state index contributed by atoms with van der Waals surface area (Å²) < 4.78 is 0. The first kappa shape index (κ1) is 13.0. The molecule has 0 radical (unpaired) electrons. The maximum atomic E-state index is 11.8. The van der Waals surface area contributed by atoms with Gasteiger partial charge in [-0.05, 0) is 33.6 Å². The van der Waals surface area contributed by atoms with Crippen molar-refractivity contribution < 1.29 is 4.79 Å². The van der Waals surface area contributed by atoms with Gasteiger partial charge < -0.3 is 5.32 Å². The lowest BCUT2D eigenvalue weighted by Crippen LogP contribution is -2.49. The smallest absolute Gasteiger partial charge is 0.237 e. The molecule has 0 aromatic carbocycles. The van der Waals surface area contributed by atoms with Crippen LogP contribution in [0.1, 0.15) is 33.6 Å². The number of carbonyl (C=O) groups is 1. The van der Waals surface area contributed by atoms with Gasteiger partial charge in [0.15, 0.2) is 0 Å². The fourth-order valence-electron chi connectivity index (χ4n) is 1.99. The molecule has 1 unspecified atom stereocenters. The summed E-state index contributed by atoms with van der Waals surface area (Å²) in [5.74, 6) is 0.266. The summed E-state index contributed by atoms with van der Waals surface area (Å²) in [6.45, 7) is 7.57. The molecule has 0 bridgehead atoms. The van der Waals surface area contributed by atoms with E-state index in [9.17, 15) is 4.79 Å². The Morgan fingerprint density at radius 2 is 1.94 bits per heavy atom. The molecule has 1 aliphatic rings. The number of piperidine rings is 1. The molecule has 90 valence electrons. The Bertz CT molecular complexity index is 274. The summed E-state index contributed by atoms with van der Waals surface area (Å²) in [4.78, 5) is 13.9. The van der Waals surface area contributed by atoms with E-state index in [2.05, 4.69) is 16.3 Å². The molecule has 4 nitrogen and oxygen atoms in total. The maximum absolute atomic E-state index is 11.8. The summed E-state index contributed by atoms with van der Waals surface area (Å²) in [6, 6.07) is 2.40. The van der Waals surface area contributed by atoms with Crippen molar-refractivity contribution in [3.05, 3.63) is 0 Å². The average Bonchev–Trinajstić information content (AvgIpc) is 2.27. The van der Waals surface area contributed by atoms with E-state index >= 15 is 0 Å². The first-order valence-corrected chi connectivity index (χ1v) is 5.98. The molecule has 0 aromatic heterocycles. The van der Waals surface area contributed by atoms with E-state index in [1.54, 1.807) is 0 Å². The van der Waals surface area contributed by atoms with Crippen LogP contribution in [0.25, 0.3) is 0 Å². The number of hydrogen-bond acceptors (Lipinski definition) is 3. The molecule has 1 saturated heterocycles. The van der Waals surface area contributed by atoms with Crippen molar-refractivity contribution in [2.45, 2.75) is 45.7 Å². The van der Waals surface area contributed by atoms with Crippen molar-refractivity contribution >= 4 is 5.91 Å². The van der Waals surface area contributed by atoms with Crippen LogP contribution in [0.4, 0.5) is 0 Å². The zero-order valence-electron chi connectivity index (χ0n) is 10.4. The van der Waals surface area contributed by atoms with Gasteiger partial charge in [-0.25, -0.2) is 0 Å². The van der Waals surface area contributed by atoms with E-state index in [1.165, 1.54) is 0 Å². The monoisotopic (exact) mass is 223 g/mol. The van der Waals surface area contributed by atoms with Crippen LogP contribution < -0.4 is 5.32 Å². The number of nitriles is 1. The van der Waals surface area contributed by atoms with Crippen LogP contribution in [0.15, 0.2) is 0 Å². The second kappa shape index (κ2) is 5.86. The Balaban J connectivity index is 2.41. The lowest BCUT2D eigenvalue weighted by atomic mass is 9.97. The van der Waals surface area contributed by atoms with Crippen molar-refractivity contribution in [2.75, 3.05) is 13.1 Å². The van der Waals surface area contributed by atoms with Gasteiger partial charge in [-0.1, -0.05) is 0 Å². The number of rotatable bonds is 3. The van der Waals surface area contributed by atoms with Crippen molar-refractivity contribution in [1.82, 2.24) is 10.2 Å². The molecule has 1 atom stereocenters. The van der Waals surface area contributed by atoms with Gasteiger partial charge in [-0.3, -0.25) is 9.69 Å². The summed E-state index contributed by atoms with van der Waals surface area (Å²) in [6.07, 6.45) is 1.77. The third-order valence-corrected chi connectivity index (χ3v) is 3.07. The maximum Gasteiger partial charge on any atom is 0.237 e.